The minimum atomic E-state index is -0.290. The Morgan fingerprint density at radius 2 is 1.91 bits per heavy atom. The molecule has 3 amide bonds. The maximum atomic E-state index is 11.8. The summed E-state index contributed by atoms with van der Waals surface area (Å²) in [4.78, 5) is 34.8. The fourth-order valence-corrected chi connectivity index (χ4v) is 2.99. The van der Waals surface area contributed by atoms with Crippen molar-refractivity contribution in [2.75, 3.05) is 10.6 Å². The van der Waals surface area contributed by atoms with Crippen molar-refractivity contribution in [3.8, 4) is 0 Å². The van der Waals surface area contributed by atoms with Crippen LogP contribution in [-0.4, -0.2) is 23.1 Å². The number of imide groups is 1. The van der Waals surface area contributed by atoms with Gasteiger partial charge in [0.2, 0.25) is 17.7 Å². The Hall–Kier alpha value is -1.69. The molecule has 0 bridgehead atoms. The van der Waals surface area contributed by atoms with Gasteiger partial charge in [0.25, 0.3) is 0 Å². The first kappa shape index (κ1) is 17.7. The molecule has 0 aromatic heterocycles. The first-order valence-electron chi connectivity index (χ1n) is 7.89. The molecule has 0 aliphatic carbocycles. The summed E-state index contributed by atoms with van der Waals surface area (Å²) < 4.78 is 0. The number of piperidine rings is 1. The van der Waals surface area contributed by atoms with E-state index in [-0.39, 0.29) is 23.6 Å². The molecule has 1 aromatic carbocycles. The smallest absolute Gasteiger partial charge is 0.234 e. The van der Waals surface area contributed by atoms with Crippen molar-refractivity contribution in [2.24, 2.45) is 0 Å². The number of anilines is 1. The Balaban J connectivity index is 1.86. The van der Waals surface area contributed by atoms with Crippen LogP contribution in [0.15, 0.2) is 24.3 Å². The molecule has 0 saturated carbocycles. The van der Waals surface area contributed by atoms with Crippen molar-refractivity contribution < 1.29 is 14.4 Å². The number of hydrogen-bond donors (Lipinski definition) is 2. The standard InChI is InChI=1S/C17H21BrN2O3/c18-11-3-1-2-4-15(21)19-13-7-5-12(6-8-13)14-9-10-16(22)20-17(14)23/h5-8,14H,1-4,9-11H2,(H,19,21)(H,20,22,23). The molecule has 2 N–H and O–H groups in total. The highest BCUT2D eigenvalue weighted by atomic mass is 79.9. The molecule has 5 nitrogen and oxygen atoms in total. The summed E-state index contributed by atoms with van der Waals surface area (Å²) in [5.74, 6) is -0.741. The molecule has 124 valence electrons. The third kappa shape index (κ3) is 5.46. The number of nitrogens with one attached hydrogen (secondary N) is 2. The van der Waals surface area contributed by atoms with Gasteiger partial charge in [0, 0.05) is 23.9 Å². The van der Waals surface area contributed by atoms with Gasteiger partial charge in [-0.25, -0.2) is 0 Å². The second kappa shape index (κ2) is 8.82. The molecule has 1 aliphatic rings. The van der Waals surface area contributed by atoms with Gasteiger partial charge in [-0.2, -0.15) is 0 Å². The van der Waals surface area contributed by atoms with Crippen LogP contribution in [0.4, 0.5) is 5.69 Å². The van der Waals surface area contributed by atoms with Crippen LogP contribution in [0.3, 0.4) is 0 Å². The van der Waals surface area contributed by atoms with Crippen LogP contribution in [0.1, 0.15) is 50.0 Å². The van der Waals surface area contributed by atoms with Crippen LogP contribution < -0.4 is 10.6 Å². The van der Waals surface area contributed by atoms with Crippen LogP contribution >= 0.6 is 15.9 Å². The number of halogens is 1. The van der Waals surface area contributed by atoms with E-state index in [1.165, 1.54) is 0 Å². The van der Waals surface area contributed by atoms with Crippen molar-refractivity contribution >= 4 is 39.3 Å². The third-order valence-electron chi connectivity index (χ3n) is 3.87. The highest BCUT2D eigenvalue weighted by Crippen LogP contribution is 2.25. The van der Waals surface area contributed by atoms with Crippen molar-refractivity contribution in [3.63, 3.8) is 0 Å². The van der Waals surface area contributed by atoms with E-state index in [0.29, 0.717) is 19.3 Å². The molecule has 1 heterocycles. The predicted octanol–water partition coefficient (Wildman–Crippen LogP) is 3.10. The highest BCUT2D eigenvalue weighted by molar-refractivity contribution is 9.09. The third-order valence-corrected chi connectivity index (χ3v) is 4.43. The van der Waals surface area contributed by atoms with Crippen molar-refractivity contribution in [2.45, 2.75) is 44.4 Å². The number of amides is 3. The zero-order valence-corrected chi connectivity index (χ0v) is 14.5. The van der Waals surface area contributed by atoms with E-state index in [1.54, 1.807) is 12.1 Å². The molecule has 6 heteroatoms. The molecular weight excluding hydrogens is 360 g/mol. The molecule has 1 unspecified atom stereocenters. The second-order valence-corrected chi connectivity index (χ2v) is 6.47. The Morgan fingerprint density at radius 3 is 2.57 bits per heavy atom. The summed E-state index contributed by atoms with van der Waals surface area (Å²) >= 11 is 3.37. The summed E-state index contributed by atoms with van der Waals surface area (Å²) in [5.41, 5.74) is 1.59. The molecule has 23 heavy (non-hydrogen) atoms. The normalized spacial score (nSPS) is 17.7. The number of benzene rings is 1. The summed E-state index contributed by atoms with van der Waals surface area (Å²) in [7, 11) is 0. The zero-order valence-electron chi connectivity index (χ0n) is 12.9. The van der Waals surface area contributed by atoms with Gasteiger partial charge < -0.3 is 5.32 Å². The van der Waals surface area contributed by atoms with E-state index in [4.69, 9.17) is 0 Å². The van der Waals surface area contributed by atoms with E-state index in [9.17, 15) is 14.4 Å². The topological polar surface area (TPSA) is 75.3 Å². The Bertz CT molecular complexity index is 572. The van der Waals surface area contributed by atoms with E-state index in [0.717, 1.165) is 35.8 Å². The predicted molar refractivity (Wildman–Crippen MR) is 92.5 cm³/mol. The molecule has 0 radical (unpaired) electrons. The average molecular weight is 381 g/mol. The molecule has 0 spiro atoms. The van der Waals surface area contributed by atoms with Crippen LogP contribution in [0, 0.1) is 0 Å². The lowest BCUT2D eigenvalue weighted by atomic mass is 9.90. The first-order chi connectivity index (χ1) is 11.1. The van der Waals surface area contributed by atoms with Crippen molar-refractivity contribution in [1.82, 2.24) is 5.32 Å². The summed E-state index contributed by atoms with van der Waals surface area (Å²) in [6.45, 7) is 0. The number of rotatable bonds is 7. The Kier molecular flexibility index (Phi) is 6.77. The highest BCUT2D eigenvalue weighted by Gasteiger charge is 2.27. The Morgan fingerprint density at radius 1 is 1.17 bits per heavy atom. The van der Waals surface area contributed by atoms with Crippen LogP contribution in [0.25, 0.3) is 0 Å². The van der Waals surface area contributed by atoms with Crippen molar-refractivity contribution in [1.29, 1.82) is 0 Å². The van der Waals surface area contributed by atoms with E-state index in [2.05, 4.69) is 26.6 Å². The monoisotopic (exact) mass is 380 g/mol. The molecular formula is C17H21BrN2O3. The van der Waals surface area contributed by atoms with E-state index in [1.807, 2.05) is 12.1 Å². The second-order valence-electron chi connectivity index (χ2n) is 5.67. The molecule has 1 aromatic rings. The van der Waals surface area contributed by atoms with E-state index >= 15 is 0 Å². The van der Waals surface area contributed by atoms with Crippen LogP contribution in [0.2, 0.25) is 0 Å². The summed E-state index contributed by atoms with van der Waals surface area (Å²) in [5, 5.41) is 6.19. The minimum absolute atomic E-state index is 0.00771. The lowest BCUT2D eigenvalue weighted by Crippen LogP contribution is -2.39. The number of unbranched alkanes of at least 4 members (excludes halogenated alkanes) is 2. The number of alkyl halides is 1. The number of carbonyl (C=O) groups is 3. The number of carbonyl (C=O) groups excluding carboxylic acids is 3. The molecule has 1 aliphatic heterocycles. The van der Waals surface area contributed by atoms with Gasteiger partial charge in [-0.15, -0.1) is 0 Å². The lowest BCUT2D eigenvalue weighted by Gasteiger charge is -2.21. The Labute approximate surface area is 144 Å². The largest absolute Gasteiger partial charge is 0.326 e. The average Bonchev–Trinajstić information content (AvgIpc) is 2.53. The van der Waals surface area contributed by atoms with Crippen molar-refractivity contribution in [3.05, 3.63) is 29.8 Å². The van der Waals surface area contributed by atoms with E-state index < -0.39 is 0 Å². The van der Waals surface area contributed by atoms with Gasteiger partial charge in [0.15, 0.2) is 0 Å². The molecule has 1 saturated heterocycles. The molecule has 2 rings (SSSR count). The number of hydrogen-bond acceptors (Lipinski definition) is 3. The fourth-order valence-electron chi connectivity index (χ4n) is 2.59. The quantitative estimate of drug-likeness (QED) is 0.433. The first-order valence-corrected chi connectivity index (χ1v) is 9.02. The zero-order chi connectivity index (χ0) is 16.7. The van der Waals surface area contributed by atoms with Gasteiger partial charge in [-0.3, -0.25) is 19.7 Å². The van der Waals surface area contributed by atoms with Crippen LogP contribution in [0.5, 0.6) is 0 Å². The maximum absolute atomic E-state index is 11.8. The minimum Gasteiger partial charge on any atom is -0.326 e. The lowest BCUT2D eigenvalue weighted by molar-refractivity contribution is -0.134. The summed E-state index contributed by atoms with van der Waals surface area (Å²) in [6, 6.07) is 7.27. The van der Waals surface area contributed by atoms with Gasteiger partial charge in [0.05, 0.1) is 5.92 Å². The SMILES string of the molecule is O=C1CCC(c2ccc(NC(=O)CCCCCBr)cc2)C(=O)N1. The maximum Gasteiger partial charge on any atom is 0.234 e. The molecule has 1 fully saturated rings. The fraction of sp³-hybridized carbons (Fsp3) is 0.471. The van der Waals surface area contributed by atoms with Gasteiger partial charge in [-0.1, -0.05) is 34.5 Å². The van der Waals surface area contributed by atoms with Gasteiger partial charge >= 0.3 is 0 Å². The van der Waals surface area contributed by atoms with Gasteiger partial charge in [-0.05, 0) is 37.0 Å². The summed E-state index contributed by atoms with van der Waals surface area (Å²) in [6.07, 6.45) is 4.40. The van der Waals surface area contributed by atoms with Gasteiger partial charge in [0.1, 0.15) is 0 Å². The molecule has 1 atom stereocenters. The van der Waals surface area contributed by atoms with Crippen LogP contribution in [-0.2, 0) is 14.4 Å².